The van der Waals surface area contributed by atoms with Gasteiger partial charge in [-0.2, -0.15) is 0 Å². The van der Waals surface area contributed by atoms with E-state index in [1.807, 2.05) is 7.05 Å². The van der Waals surface area contributed by atoms with Gasteiger partial charge in [0.15, 0.2) is 11.6 Å². The van der Waals surface area contributed by atoms with Gasteiger partial charge in [-0.05, 0) is 49.4 Å². The lowest BCUT2D eigenvalue weighted by molar-refractivity contribution is 0.214. The molecule has 1 nitrogen and oxygen atoms in total. The molecule has 1 fully saturated rings. The van der Waals surface area contributed by atoms with Crippen molar-refractivity contribution in [1.29, 1.82) is 0 Å². The van der Waals surface area contributed by atoms with E-state index in [9.17, 15) is 8.78 Å². The molecule has 106 valence electrons. The second-order valence-corrected chi connectivity index (χ2v) is 5.64. The molecule has 1 N–H and O–H groups in total. The molecule has 1 saturated carbocycles. The van der Waals surface area contributed by atoms with Crippen LogP contribution in [0.1, 0.15) is 50.6 Å². The van der Waals surface area contributed by atoms with Crippen molar-refractivity contribution in [1.82, 2.24) is 5.32 Å². The summed E-state index contributed by atoms with van der Waals surface area (Å²) in [4.78, 5) is 0. The van der Waals surface area contributed by atoms with Gasteiger partial charge in [-0.3, -0.25) is 0 Å². The number of hydrogen-bond acceptors (Lipinski definition) is 1. The van der Waals surface area contributed by atoms with Gasteiger partial charge in [0.05, 0.1) is 0 Å². The largest absolute Gasteiger partial charge is 0.313 e. The van der Waals surface area contributed by atoms with E-state index >= 15 is 0 Å². The average Bonchev–Trinajstić information content (AvgIpc) is 2.44. The SMILES string of the molecule is CCC1CCCC(C(NC)c2ccc(F)c(F)c2)C1. The van der Waals surface area contributed by atoms with Gasteiger partial charge in [0, 0.05) is 6.04 Å². The van der Waals surface area contributed by atoms with E-state index in [1.54, 1.807) is 6.07 Å². The van der Waals surface area contributed by atoms with Gasteiger partial charge in [0.1, 0.15) is 0 Å². The second kappa shape index (κ2) is 6.47. The Morgan fingerprint density at radius 3 is 2.68 bits per heavy atom. The Balaban J connectivity index is 2.16. The minimum absolute atomic E-state index is 0.129. The molecule has 0 spiro atoms. The molecule has 1 aromatic rings. The number of hydrogen-bond donors (Lipinski definition) is 1. The Hall–Kier alpha value is -0.960. The molecule has 0 heterocycles. The van der Waals surface area contributed by atoms with Crippen LogP contribution < -0.4 is 5.32 Å². The summed E-state index contributed by atoms with van der Waals surface area (Å²) in [6, 6.07) is 4.40. The monoisotopic (exact) mass is 267 g/mol. The van der Waals surface area contributed by atoms with E-state index in [4.69, 9.17) is 0 Å². The number of benzene rings is 1. The average molecular weight is 267 g/mol. The van der Waals surface area contributed by atoms with Crippen molar-refractivity contribution in [2.24, 2.45) is 11.8 Å². The first kappa shape index (κ1) is 14.4. The molecule has 3 heteroatoms. The zero-order chi connectivity index (χ0) is 13.8. The van der Waals surface area contributed by atoms with Crippen molar-refractivity contribution in [2.45, 2.75) is 45.1 Å². The van der Waals surface area contributed by atoms with Gasteiger partial charge < -0.3 is 5.32 Å². The lowest BCUT2D eigenvalue weighted by Crippen LogP contribution is -2.29. The normalized spacial score (nSPS) is 25.3. The van der Waals surface area contributed by atoms with Crippen LogP contribution >= 0.6 is 0 Å². The lowest BCUT2D eigenvalue weighted by Gasteiger charge is -2.34. The van der Waals surface area contributed by atoms with Crippen LogP contribution in [0.3, 0.4) is 0 Å². The molecular formula is C16H23F2N. The molecule has 0 aromatic heterocycles. The highest BCUT2D eigenvalue weighted by Crippen LogP contribution is 2.38. The lowest BCUT2D eigenvalue weighted by atomic mass is 9.75. The molecular weight excluding hydrogens is 244 g/mol. The van der Waals surface area contributed by atoms with E-state index in [1.165, 1.54) is 44.2 Å². The molecule has 3 atom stereocenters. The highest BCUT2D eigenvalue weighted by Gasteiger charge is 2.28. The summed E-state index contributed by atoms with van der Waals surface area (Å²) in [6.07, 6.45) is 6.11. The first-order chi connectivity index (χ1) is 9.15. The van der Waals surface area contributed by atoms with Gasteiger partial charge in [0.25, 0.3) is 0 Å². The third-order valence-corrected chi connectivity index (χ3v) is 4.49. The predicted octanol–water partition coefficient (Wildman–Crippen LogP) is 4.44. The van der Waals surface area contributed by atoms with Crippen LogP contribution in [0.4, 0.5) is 8.78 Å². The Morgan fingerprint density at radius 2 is 2.05 bits per heavy atom. The summed E-state index contributed by atoms with van der Waals surface area (Å²) in [5.41, 5.74) is 0.864. The molecule has 19 heavy (non-hydrogen) atoms. The van der Waals surface area contributed by atoms with Crippen molar-refractivity contribution in [3.05, 3.63) is 35.4 Å². The summed E-state index contributed by atoms with van der Waals surface area (Å²) in [7, 11) is 1.90. The third kappa shape index (κ3) is 3.33. The molecule has 1 aliphatic carbocycles. The zero-order valence-corrected chi connectivity index (χ0v) is 11.8. The van der Waals surface area contributed by atoms with Gasteiger partial charge in [-0.25, -0.2) is 8.78 Å². The van der Waals surface area contributed by atoms with E-state index in [-0.39, 0.29) is 6.04 Å². The van der Waals surface area contributed by atoms with Crippen LogP contribution in [0.2, 0.25) is 0 Å². The summed E-state index contributed by atoms with van der Waals surface area (Å²) in [5, 5.41) is 3.29. The highest BCUT2D eigenvalue weighted by molar-refractivity contribution is 5.22. The van der Waals surface area contributed by atoms with Crippen molar-refractivity contribution < 1.29 is 8.78 Å². The van der Waals surface area contributed by atoms with Gasteiger partial charge in [-0.1, -0.05) is 32.3 Å². The molecule has 0 saturated heterocycles. The maximum absolute atomic E-state index is 13.4. The standard InChI is InChI=1S/C16H23F2N/c1-3-11-5-4-6-12(9-11)16(19-2)13-7-8-14(17)15(18)10-13/h7-8,10-12,16,19H,3-6,9H2,1-2H3. The quantitative estimate of drug-likeness (QED) is 0.850. The Morgan fingerprint density at radius 1 is 1.26 bits per heavy atom. The van der Waals surface area contributed by atoms with Crippen molar-refractivity contribution >= 4 is 0 Å². The highest BCUT2D eigenvalue weighted by atomic mass is 19.2. The molecule has 3 unspecified atom stereocenters. The van der Waals surface area contributed by atoms with E-state index in [0.717, 1.165) is 11.5 Å². The van der Waals surface area contributed by atoms with Crippen molar-refractivity contribution in [2.75, 3.05) is 7.05 Å². The van der Waals surface area contributed by atoms with Crippen LogP contribution in [0, 0.1) is 23.5 Å². The first-order valence-electron chi connectivity index (χ1n) is 7.28. The summed E-state index contributed by atoms with van der Waals surface area (Å²) in [6.45, 7) is 2.24. The van der Waals surface area contributed by atoms with Gasteiger partial charge >= 0.3 is 0 Å². The van der Waals surface area contributed by atoms with Gasteiger partial charge in [0.2, 0.25) is 0 Å². The Bertz CT molecular complexity index is 419. The molecule has 0 radical (unpaired) electrons. The summed E-state index contributed by atoms with van der Waals surface area (Å²) in [5.74, 6) is -0.220. The molecule has 0 aliphatic heterocycles. The summed E-state index contributed by atoms with van der Waals surface area (Å²) < 4.78 is 26.4. The number of rotatable bonds is 4. The molecule has 0 bridgehead atoms. The zero-order valence-electron chi connectivity index (χ0n) is 11.8. The van der Waals surface area contributed by atoms with E-state index < -0.39 is 11.6 Å². The number of halogens is 2. The van der Waals surface area contributed by atoms with Crippen molar-refractivity contribution in [3.8, 4) is 0 Å². The van der Waals surface area contributed by atoms with Crippen LogP contribution in [-0.4, -0.2) is 7.05 Å². The third-order valence-electron chi connectivity index (χ3n) is 4.49. The van der Waals surface area contributed by atoms with E-state index in [2.05, 4.69) is 12.2 Å². The molecule has 0 amide bonds. The fourth-order valence-corrected chi connectivity index (χ4v) is 3.39. The Kier molecular flexibility index (Phi) is 4.92. The molecule has 1 aliphatic rings. The minimum atomic E-state index is -0.770. The van der Waals surface area contributed by atoms with Crippen LogP contribution in [0.25, 0.3) is 0 Å². The van der Waals surface area contributed by atoms with Crippen molar-refractivity contribution in [3.63, 3.8) is 0 Å². The first-order valence-corrected chi connectivity index (χ1v) is 7.28. The summed E-state index contributed by atoms with van der Waals surface area (Å²) >= 11 is 0. The van der Waals surface area contributed by atoms with E-state index in [0.29, 0.717) is 5.92 Å². The maximum Gasteiger partial charge on any atom is 0.159 e. The molecule has 2 rings (SSSR count). The fourth-order valence-electron chi connectivity index (χ4n) is 3.39. The molecule has 1 aromatic carbocycles. The smallest absolute Gasteiger partial charge is 0.159 e. The fraction of sp³-hybridized carbons (Fsp3) is 0.625. The van der Waals surface area contributed by atoms with Gasteiger partial charge in [-0.15, -0.1) is 0 Å². The Labute approximate surface area is 114 Å². The maximum atomic E-state index is 13.4. The number of nitrogens with one attached hydrogen (secondary N) is 1. The van der Waals surface area contributed by atoms with Crippen LogP contribution in [0.15, 0.2) is 18.2 Å². The topological polar surface area (TPSA) is 12.0 Å². The predicted molar refractivity (Wildman–Crippen MR) is 73.9 cm³/mol. The van der Waals surface area contributed by atoms with Crippen LogP contribution in [-0.2, 0) is 0 Å². The minimum Gasteiger partial charge on any atom is -0.313 e. The van der Waals surface area contributed by atoms with Crippen LogP contribution in [0.5, 0.6) is 0 Å². The second-order valence-electron chi connectivity index (χ2n) is 5.64.